The van der Waals surface area contributed by atoms with Crippen LogP contribution in [0, 0.1) is 55.4 Å². The molecule has 0 aliphatic carbocycles. The molecule has 0 radical (unpaired) electrons. The number of halogens is 4. The average molecular weight is 2160 g/mol. The minimum atomic E-state index is -3.79. The Hall–Kier alpha value is -14.2. The van der Waals surface area contributed by atoms with E-state index >= 15 is 0 Å². The zero-order chi connectivity index (χ0) is 107. The molecule has 3 aliphatic rings. The van der Waals surface area contributed by atoms with E-state index < -0.39 is 83.8 Å². The maximum absolute atomic E-state index is 13.0. The highest BCUT2D eigenvalue weighted by Gasteiger charge is 2.31. The number of ether oxygens (including phenoxy) is 9. The molecule has 4 unspecified atom stereocenters. The molecule has 0 saturated heterocycles. The molecule has 786 valence electrons. The number of fused-ring (bicyclic) bond motifs is 6. The number of hydrogen-bond acceptors (Lipinski definition) is 29. The molecule has 0 fully saturated rings. The predicted molar refractivity (Wildman–Crippen MR) is 578 cm³/mol. The lowest BCUT2D eigenvalue weighted by Gasteiger charge is -2.15. The zero-order valence-electron chi connectivity index (χ0n) is 85.8. The third kappa shape index (κ3) is 28.7. The van der Waals surface area contributed by atoms with Gasteiger partial charge in [0.05, 0.1) is 187 Å². The molecular formula is C108H115F4N17O15S6. The minimum absolute atomic E-state index is 0.161. The SMILES string of the molecule is COCCCOc1ccnc(CS(=O)C2=Nc3ccccc3C2)c1C.COc1ccc2c(c1)nc(S(=O)Cc1ncc(C)c(OC)c1C)n2C.COc1ccc2c(n1)N=C(S(=O)Cc1ncc(C)c(OC)c1C)C2.COc1ccnc(CS(=O)C2=Nc3cc(-n4cccc4)ccc3C2)c1C.Cc1c(OCC(C)(F)F)ccnc1CS(=O)(=O)c1nc2ccccc2[nH]1.Cc1c(OCC(C)(F)F)ccnc1CSc1nc2ccccc2[nH]1. The molecule has 4 atom stereocenters. The number of sulfone groups is 1. The van der Waals surface area contributed by atoms with E-state index in [4.69, 9.17) is 42.6 Å². The van der Waals surface area contributed by atoms with E-state index in [1.54, 1.807) is 117 Å². The number of aromatic amines is 2. The van der Waals surface area contributed by atoms with Gasteiger partial charge in [-0.05, 0) is 164 Å². The number of H-pyrrole nitrogens is 2. The third-order valence-electron chi connectivity index (χ3n) is 24.1. The highest BCUT2D eigenvalue weighted by Crippen LogP contribution is 2.38. The molecule has 0 spiro atoms. The molecule has 32 nitrogen and oxygen atoms in total. The van der Waals surface area contributed by atoms with Crippen LogP contribution >= 0.6 is 11.8 Å². The van der Waals surface area contributed by atoms with Gasteiger partial charge in [0.2, 0.25) is 20.9 Å². The summed E-state index contributed by atoms with van der Waals surface area (Å²) in [5, 5.41) is 3.19. The van der Waals surface area contributed by atoms with Crippen molar-refractivity contribution in [2.75, 3.05) is 69.1 Å². The van der Waals surface area contributed by atoms with E-state index in [9.17, 15) is 42.8 Å². The van der Waals surface area contributed by atoms with Crippen LogP contribution in [-0.4, -0.2) is 190 Å². The number of benzene rings is 5. The van der Waals surface area contributed by atoms with Gasteiger partial charge in [0.1, 0.15) is 61.1 Å². The van der Waals surface area contributed by atoms with Crippen molar-refractivity contribution in [3.05, 3.63) is 303 Å². The van der Waals surface area contributed by atoms with E-state index in [1.165, 1.54) is 24.0 Å². The number of thioether (sulfide) groups is 1. The summed E-state index contributed by atoms with van der Waals surface area (Å²) in [4.78, 5) is 63.0. The molecule has 5 aromatic carbocycles. The first-order valence-electron chi connectivity index (χ1n) is 47.2. The van der Waals surface area contributed by atoms with Gasteiger partial charge in [-0.1, -0.05) is 60.3 Å². The Balaban J connectivity index is 0.000000142. The standard InChI is InChI=1S/C20H19N3O2S.C19H22N2O3S.C18H21N3O3S.C17H17F2N3O3S.C17H17F2N3OS.C17H19N3O3S/c1-14-18(21-8-7-19(14)25-2)13-26(24)20-11-15-5-6-16(12-17(15)22-20)23-9-3-4-10-23;1-14-17(20-9-8-18(14)24-11-5-10-23-2)13-25(22)19-12-15-6-3-4-7-16(15)21-19;1-11-9-19-15(12(2)17(11)24-5)10-25(22)18-20-14-8-13(23-4)6-7-16(14)21(18)3;1-11-14(20-8-7-15(11)25-10-17(2,18)19)9-26(23,24)16-21-12-5-3-4-6-13(12)22-16;1-11-14(20-8-7-15(11)23-10-17(2,18)19)9-24-16-21-12-5-3-4-6-13(12)22-16;1-10-8-18-13(11(2)16(10)23-4)9-24(21)15-7-12-5-6-14(22-3)19-17(12)20-15/h3-10,12H,11,13H2,1-2H3;3-4,6-9H,5,10-13H2,1-2H3;6-9H,10H2,1-5H3;3-8H,9-10H2,1-2H3,(H,21,22);3-8H,9-10H2,1-2H3,(H,21,22);5-6,8H,7,9H2,1-4H3. The maximum atomic E-state index is 13.0. The van der Waals surface area contributed by atoms with Gasteiger partial charge in [-0.2, -0.15) is 4.98 Å². The Labute approximate surface area is 880 Å². The van der Waals surface area contributed by atoms with Crippen LogP contribution < -0.4 is 37.9 Å². The van der Waals surface area contributed by atoms with Crippen molar-refractivity contribution in [3.8, 4) is 51.8 Å². The van der Waals surface area contributed by atoms with Crippen molar-refractivity contribution < 1.29 is 85.4 Å². The molecule has 14 heterocycles. The van der Waals surface area contributed by atoms with Crippen molar-refractivity contribution in [2.45, 2.75) is 157 Å². The second-order valence-electron chi connectivity index (χ2n) is 35.1. The maximum Gasteiger partial charge on any atom is 0.278 e. The Morgan fingerprint density at radius 3 is 1.49 bits per heavy atom. The molecule has 0 saturated carbocycles. The number of methoxy groups -OCH3 is 6. The lowest BCUT2D eigenvalue weighted by Crippen LogP contribution is -2.21. The van der Waals surface area contributed by atoms with E-state index in [-0.39, 0.29) is 22.4 Å². The summed E-state index contributed by atoms with van der Waals surface area (Å²) in [6, 6.07) is 48.8. The van der Waals surface area contributed by atoms with Crippen LogP contribution in [0.15, 0.2) is 238 Å². The quantitative estimate of drug-likeness (QED) is 0.0225. The summed E-state index contributed by atoms with van der Waals surface area (Å²) in [6.45, 7) is 16.4. The van der Waals surface area contributed by atoms with Gasteiger partial charge in [-0.15, -0.1) is 0 Å². The van der Waals surface area contributed by atoms with Crippen molar-refractivity contribution in [1.29, 1.82) is 0 Å². The predicted octanol–water partition coefficient (Wildman–Crippen LogP) is 20.5. The van der Waals surface area contributed by atoms with Gasteiger partial charge in [-0.25, -0.2) is 55.9 Å². The summed E-state index contributed by atoms with van der Waals surface area (Å²) < 4.78 is 180. The number of aliphatic imine (C=N–C) groups is 3. The van der Waals surface area contributed by atoms with Gasteiger partial charge < -0.3 is 61.7 Å². The number of aryl methyl sites for hydroxylation is 3. The van der Waals surface area contributed by atoms with E-state index in [2.05, 4.69) is 86.9 Å². The molecule has 16 aromatic rings. The first-order chi connectivity index (χ1) is 71.9. The molecule has 42 heteroatoms. The average Bonchev–Trinajstić information content (AvgIpc) is 1.64. The Kier molecular flexibility index (Phi) is 37.8. The van der Waals surface area contributed by atoms with E-state index in [1.807, 2.05) is 180 Å². The lowest BCUT2D eigenvalue weighted by atomic mass is 10.1. The van der Waals surface area contributed by atoms with Crippen LogP contribution in [0.3, 0.4) is 0 Å². The molecule has 2 N–H and O–H groups in total. The van der Waals surface area contributed by atoms with Crippen LogP contribution in [0.25, 0.3) is 38.8 Å². The normalized spacial score (nSPS) is 13.1. The summed E-state index contributed by atoms with van der Waals surface area (Å²) in [5.41, 5.74) is 21.7. The van der Waals surface area contributed by atoms with Crippen molar-refractivity contribution in [2.24, 2.45) is 22.0 Å². The fraction of sp³-hybridized carbons (Fsp3) is 0.306. The molecule has 0 bridgehead atoms. The summed E-state index contributed by atoms with van der Waals surface area (Å²) in [6.07, 6.45) is 16.4. The summed E-state index contributed by atoms with van der Waals surface area (Å²) in [5.74, 6) is 1.17. The molecule has 150 heavy (non-hydrogen) atoms. The fourth-order valence-corrected chi connectivity index (χ4v) is 23.1. The van der Waals surface area contributed by atoms with Gasteiger partial charge in [0.25, 0.3) is 11.8 Å². The zero-order valence-corrected chi connectivity index (χ0v) is 90.7. The molecule has 3 aliphatic heterocycles. The number of imidazole rings is 3. The van der Waals surface area contributed by atoms with Crippen LogP contribution in [0.2, 0.25) is 0 Å². The topological polar surface area (TPSA) is 393 Å². The molecule has 19 rings (SSSR count). The van der Waals surface area contributed by atoms with E-state index in [0.29, 0.717) is 110 Å². The van der Waals surface area contributed by atoms with Gasteiger partial charge in [0, 0.05) is 184 Å². The number of alkyl halides is 4. The minimum Gasteiger partial charge on any atom is -0.497 e. The Morgan fingerprint density at radius 1 is 0.440 bits per heavy atom. The highest BCUT2D eigenvalue weighted by atomic mass is 32.2. The number of pyridine rings is 7. The van der Waals surface area contributed by atoms with Crippen LogP contribution in [-0.2, 0) is 119 Å². The van der Waals surface area contributed by atoms with Gasteiger partial charge in [-0.3, -0.25) is 46.7 Å². The van der Waals surface area contributed by atoms with Crippen LogP contribution in [0.4, 0.5) is 34.8 Å². The number of para-hydroxylation sites is 5. The van der Waals surface area contributed by atoms with E-state index in [0.717, 1.165) is 177 Å². The van der Waals surface area contributed by atoms with Crippen molar-refractivity contribution >= 4 is 130 Å². The molecule has 11 aromatic heterocycles. The van der Waals surface area contributed by atoms with Gasteiger partial charge >= 0.3 is 0 Å². The second kappa shape index (κ2) is 50.9. The number of aromatic nitrogens is 14. The number of hydrogen-bond donors (Lipinski definition) is 2. The van der Waals surface area contributed by atoms with Crippen molar-refractivity contribution in [1.82, 2.24) is 68.9 Å². The first-order valence-corrected chi connectivity index (χ1v) is 55.2. The monoisotopic (exact) mass is 2160 g/mol. The highest BCUT2D eigenvalue weighted by molar-refractivity contribution is 8.00. The summed E-state index contributed by atoms with van der Waals surface area (Å²) in [7, 11) is 2.84. The Bertz CT molecular complexity index is 7810. The number of nitrogens with one attached hydrogen (secondary N) is 2. The van der Waals surface area contributed by atoms with Crippen LogP contribution in [0.5, 0.6) is 46.1 Å². The molecule has 0 amide bonds. The third-order valence-corrected chi connectivity index (χ3v) is 31.6. The fourth-order valence-electron chi connectivity index (χ4n) is 15.9. The Morgan fingerprint density at radius 2 is 0.933 bits per heavy atom. The number of rotatable bonds is 32. The lowest BCUT2D eigenvalue weighted by molar-refractivity contribution is -0.0236. The van der Waals surface area contributed by atoms with Gasteiger partial charge in [0.15, 0.2) is 29.3 Å². The number of nitrogens with zero attached hydrogens (tertiary/aromatic N) is 15. The largest absolute Gasteiger partial charge is 0.497 e. The second-order valence-corrected chi connectivity index (χ2v) is 43.6. The van der Waals surface area contributed by atoms with Crippen LogP contribution in [0.1, 0.15) is 116 Å². The smallest absolute Gasteiger partial charge is 0.278 e. The van der Waals surface area contributed by atoms with Crippen molar-refractivity contribution in [3.63, 3.8) is 0 Å². The first kappa shape index (κ1) is 111. The molecular weight excluding hydrogens is 2040 g/mol. The summed E-state index contributed by atoms with van der Waals surface area (Å²) >= 11 is 1.51.